The van der Waals surface area contributed by atoms with E-state index >= 15 is 0 Å². The van der Waals surface area contributed by atoms with Crippen molar-refractivity contribution < 1.29 is 46.1 Å². The number of allylic oxidation sites excluding steroid dienone is 4. The van der Waals surface area contributed by atoms with Gasteiger partial charge in [0.15, 0.2) is 0 Å². The van der Waals surface area contributed by atoms with Crippen molar-refractivity contribution in [3.63, 3.8) is 0 Å². The Morgan fingerprint density at radius 2 is 1.53 bits per heavy atom. The van der Waals surface area contributed by atoms with Crippen LogP contribution in [0.25, 0.3) is 11.1 Å². The van der Waals surface area contributed by atoms with Crippen LogP contribution in [0.15, 0.2) is 94.3 Å². The zero-order valence-electron chi connectivity index (χ0n) is 20.9. The number of hydrogen-bond donors (Lipinski definition) is 0. The molecule has 184 valence electrons. The largest absolute Gasteiger partial charge is 1.00 e. The summed E-state index contributed by atoms with van der Waals surface area (Å²) in [7, 11) is 0. The minimum absolute atomic E-state index is 0. The summed E-state index contributed by atoms with van der Waals surface area (Å²) in [5.74, 6) is 0.895. The van der Waals surface area contributed by atoms with Gasteiger partial charge in [-0.05, 0) is 0 Å². The first kappa shape index (κ1) is 27.5. The van der Waals surface area contributed by atoms with E-state index in [4.69, 9.17) is 0 Å². The van der Waals surface area contributed by atoms with Gasteiger partial charge in [0.25, 0.3) is 0 Å². The minimum Gasteiger partial charge on any atom is -1.00 e. The molecule has 0 aliphatic heterocycles. The summed E-state index contributed by atoms with van der Waals surface area (Å²) in [6.45, 7) is 0. The summed E-state index contributed by atoms with van der Waals surface area (Å²) < 4.78 is 5.47. The number of benzene rings is 3. The third-order valence-electron chi connectivity index (χ3n) is 8.09. The second-order valence-corrected chi connectivity index (χ2v) is 16.8. The molecule has 0 amide bonds. The van der Waals surface area contributed by atoms with Crippen molar-refractivity contribution in [3.8, 4) is 11.1 Å². The molecule has 3 aromatic carbocycles. The molecule has 6 rings (SSSR count). The second kappa shape index (κ2) is 12.8. The van der Waals surface area contributed by atoms with Crippen LogP contribution in [0.3, 0.4) is 0 Å². The maximum atomic E-state index is 2.53. The van der Waals surface area contributed by atoms with E-state index in [1.54, 1.807) is 12.1 Å². The van der Waals surface area contributed by atoms with Crippen molar-refractivity contribution >= 4 is 6.48 Å². The van der Waals surface area contributed by atoms with E-state index in [-0.39, 0.29) is 24.8 Å². The fraction of sp³-hybridized carbons (Fsp3) is 0.303. The first-order valence-electron chi connectivity index (χ1n) is 13.2. The van der Waals surface area contributed by atoms with Gasteiger partial charge in [-0.25, -0.2) is 0 Å². The van der Waals surface area contributed by atoms with Gasteiger partial charge in [0, 0.05) is 0 Å². The van der Waals surface area contributed by atoms with Gasteiger partial charge in [0.05, 0.1) is 0 Å². The van der Waals surface area contributed by atoms with Gasteiger partial charge in [-0.15, -0.1) is 0 Å². The summed E-state index contributed by atoms with van der Waals surface area (Å²) in [4.78, 5) is 0. The minimum atomic E-state index is -2.24. The third-order valence-corrected chi connectivity index (χ3v) is 15.7. The first-order chi connectivity index (χ1) is 16.9. The topological polar surface area (TPSA) is 0 Å². The van der Waals surface area contributed by atoms with E-state index in [9.17, 15) is 0 Å². The van der Waals surface area contributed by atoms with Crippen LogP contribution in [-0.4, -0.2) is 3.21 Å². The summed E-state index contributed by atoms with van der Waals surface area (Å²) in [6, 6.07) is 27.7. The van der Waals surface area contributed by atoms with Crippen molar-refractivity contribution in [2.24, 2.45) is 5.92 Å². The van der Waals surface area contributed by atoms with Crippen LogP contribution in [0.1, 0.15) is 61.6 Å². The van der Waals surface area contributed by atoms with Crippen molar-refractivity contribution in [2.75, 3.05) is 0 Å². The molecule has 0 spiro atoms. The molecule has 0 nitrogen and oxygen atoms in total. The average Bonchev–Trinajstić information content (AvgIpc) is 3.54. The van der Waals surface area contributed by atoms with Gasteiger partial charge in [-0.1, -0.05) is 0 Å². The molecule has 3 aliphatic rings. The van der Waals surface area contributed by atoms with Gasteiger partial charge in [0.2, 0.25) is 0 Å². The Kier molecular flexibility index (Phi) is 9.79. The summed E-state index contributed by atoms with van der Waals surface area (Å²) in [6.07, 6.45) is 19.2. The van der Waals surface area contributed by atoms with Gasteiger partial charge < -0.3 is 24.8 Å². The zero-order valence-corrected chi connectivity index (χ0v) is 24.8. The Morgan fingerprint density at radius 3 is 2.31 bits per heavy atom. The van der Waals surface area contributed by atoms with Crippen molar-refractivity contribution in [1.29, 1.82) is 0 Å². The first-order valence-corrected chi connectivity index (χ1v) is 16.9. The van der Waals surface area contributed by atoms with Gasteiger partial charge in [-0.2, -0.15) is 0 Å². The molecular formula is C33H34Cl2Zr. The van der Waals surface area contributed by atoms with Crippen molar-refractivity contribution in [3.05, 3.63) is 111 Å². The number of hydrogen-bond acceptors (Lipinski definition) is 0. The zero-order chi connectivity index (χ0) is 22.7. The summed E-state index contributed by atoms with van der Waals surface area (Å²) in [5.41, 5.74) is 7.66. The van der Waals surface area contributed by atoms with E-state index in [2.05, 4.69) is 91.0 Å². The van der Waals surface area contributed by atoms with Gasteiger partial charge >= 0.3 is 214 Å². The van der Waals surface area contributed by atoms with Crippen molar-refractivity contribution in [2.45, 2.75) is 57.8 Å². The van der Waals surface area contributed by atoms with Crippen molar-refractivity contribution in [1.82, 2.24) is 0 Å². The Morgan fingerprint density at radius 1 is 0.778 bits per heavy atom. The molecular weight excluding hydrogens is 558 g/mol. The standard InChI is InChI=1S/C15H20.C13H9.C5H5.2ClH.Zr/c1-3-8-14(9-4-1)12-7-13-15-10-5-2-6-11-15;1-3-7-12-10(5-1)9-11-6-2-4-8-13(11)12;1-2-4-5-3-1;;;/h1,3-4,8-9,15H,2,5-6,10-13H2;1-5,7-8H,9H2;1-3H,4H2;2*1H;/q;;;;;+2/p-2. The SMILES string of the molecule is C1=CC[C](/[Zr+2](=[C](/Cc2ccccc2)CC2CCCCC2)[c]2cccc3c2Cc2ccccc2-3)=C1.[Cl-].[Cl-]. The molecule has 36 heavy (non-hydrogen) atoms. The van der Waals surface area contributed by atoms with Crippen LogP contribution in [0, 0.1) is 5.92 Å². The van der Waals surface area contributed by atoms with Crippen LogP contribution in [-0.2, 0) is 34.1 Å². The van der Waals surface area contributed by atoms with E-state index < -0.39 is 21.3 Å². The predicted octanol–water partition coefficient (Wildman–Crippen LogP) is 1.74. The summed E-state index contributed by atoms with van der Waals surface area (Å²) in [5, 5.41) is 0. The molecule has 0 bridgehead atoms. The van der Waals surface area contributed by atoms with E-state index in [1.165, 1.54) is 73.6 Å². The van der Waals surface area contributed by atoms with Crippen LogP contribution in [0.2, 0.25) is 0 Å². The summed E-state index contributed by atoms with van der Waals surface area (Å²) >= 11 is -2.24. The predicted molar refractivity (Wildman–Crippen MR) is 143 cm³/mol. The van der Waals surface area contributed by atoms with E-state index in [1.807, 2.05) is 3.21 Å². The molecule has 1 saturated carbocycles. The quantitative estimate of drug-likeness (QED) is 0.320. The molecule has 3 aliphatic carbocycles. The fourth-order valence-corrected chi connectivity index (χ4v) is 14.9. The smallest absolute Gasteiger partial charge is 1.00 e. The molecule has 3 heteroatoms. The maximum absolute atomic E-state index is 2.53. The average molecular weight is 593 g/mol. The monoisotopic (exact) mass is 590 g/mol. The number of rotatable bonds is 6. The second-order valence-electron chi connectivity index (χ2n) is 10.3. The molecule has 1 fully saturated rings. The molecule has 0 atom stereocenters. The number of halogens is 2. The molecule has 0 saturated heterocycles. The van der Waals surface area contributed by atoms with Gasteiger partial charge in [-0.3, -0.25) is 0 Å². The number of fused-ring (bicyclic) bond motifs is 3. The molecule has 0 radical (unpaired) electrons. The Hall–Kier alpha value is -1.53. The van der Waals surface area contributed by atoms with E-state index in [0.29, 0.717) is 0 Å². The fourth-order valence-electron chi connectivity index (χ4n) is 6.46. The molecule has 3 aromatic rings. The molecule has 0 unspecified atom stereocenters. The molecule has 0 aromatic heterocycles. The maximum Gasteiger partial charge on any atom is -1.00 e. The van der Waals surface area contributed by atoms with Crippen LogP contribution in [0.4, 0.5) is 0 Å². The van der Waals surface area contributed by atoms with Crippen LogP contribution in [0.5, 0.6) is 0 Å². The Balaban J connectivity index is 0.00000152. The van der Waals surface area contributed by atoms with Crippen LogP contribution < -0.4 is 28.1 Å². The Bertz CT molecular complexity index is 1280. The van der Waals surface area contributed by atoms with Gasteiger partial charge in [0.1, 0.15) is 0 Å². The normalized spacial score (nSPS) is 16.3. The Labute approximate surface area is 236 Å². The third kappa shape index (κ3) is 5.80. The van der Waals surface area contributed by atoms with E-state index in [0.717, 1.165) is 12.3 Å². The molecule has 0 N–H and O–H groups in total. The molecule has 0 heterocycles. The van der Waals surface area contributed by atoms with Crippen LogP contribution >= 0.6 is 0 Å².